The minimum absolute atomic E-state index is 0.0244. The fourth-order valence-corrected chi connectivity index (χ4v) is 6.76. The van der Waals surface area contributed by atoms with Crippen molar-refractivity contribution in [3.05, 3.63) is 87.5 Å². The number of fused-ring (bicyclic) bond motifs is 2. The Morgan fingerprint density at radius 1 is 1.11 bits per heavy atom. The summed E-state index contributed by atoms with van der Waals surface area (Å²) in [6, 6.07) is 7.93. The van der Waals surface area contributed by atoms with Crippen molar-refractivity contribution in [3.8, 4) is 5.75 Å². The van der Waals surface area contributed by atoms with E-state index in [1.54, 1.807) is 36.9 Å². The predicted molar refractivity (Wildman–Crippen MR) is 184 cm³/mol. The summed E-state index contributed by atoms with van der Waals surface area (Å²) in [5.41, 5.74) is 4.56. The minimum Gasteiger partial charge on any atom is -0.504 e. The molecule has 3 amide bonds. The highest BCUT2D eigenvalue weighted by atomic mass is 35.5. The van der Waals surface area contributed by atoms with E-state index in [2.05, 4.69) is 25.7 Å². The number of para-hydroxylation sites is 1. The number of benzene rings is 2. The summed E-state index contributed by atoms with van der Waals surface area (Å²) in [6.07, 6.45) is -4.18. The number of hydrogen-bond acceptors (Lipinski definition) is 12. The molecule has 1 atom stereocenters. The highest BCUT2D eigenvalue weighted by molar-refractivity contribution is 6.33. The number of amidine groups is 1. The van der Waals surface area contributed by atoms with Crippen molar-refractivity contribution >= 4 is 51.9 Å². The van der Waals surface area contributed by atoms with E-state index in [4.69, 9.17) is 21.0 Å². The quantitative estimate of drug-likeness (QED) is 0.249. The Balaban J connectivity index is 1.20. The number of hydrazine groups is 1. The molecule has 1 fully saturated rings. The zero-order valence-electron chi connectivity index (χ0n) is 28.5. The third kappa shape index (κ3) is 6.54. The smallest absolute Gasteiger partial charge is 0.416 e. The molecule has 53 heavy (non-hydrogen) atoms. The first-order valence-corrected chi connectivity index (χ1v) is 16.9. The van der Waals surface area contributed by atoms with Gasteiger partial charge in [-0.25, -0.2) is 25.0 Å². The number of hydrogen-bond donors (Lipinski definition) is 3. The van der Waals surface area contributed by atoms with Crippen LogP contribution >= 0.6 is 11.6 Å². The Morgan fingerprint density at radius 3 is 2.57 bits per heavy atom. The molecule has 0 radical (unpaired) electrons. The van der Waals surface area contributed by atoms with Crippen molar-refractivity contribution in [1.29, 1.82) is 0 Å². The number of anilines is 1. The van der Waals surface area contributed by atoms with Gasteiger partial charge in [0.2, 0.25) is 12.2 Å². The van der Waals surface area contributed by atoms with Crippen LogP contribution in [0.3, 0.4) is 0 Å². The van der Waals surface area contributed by atoms with Crippen LogP contribution in [0, 0.1) is 13.8 Å². The molecular weight excluding hydrogens is 721 g/mol. The SMILES string of the molecule is CCC1=C(N2CCN(C(=O)c3ncnc(C)c3O)CC2)C(=O)N2NC(c3cccc4nc(C)oc34)=NC2N1CC(=O)Nc1ccc(C(F)(F)F)cc1Cl. The Kier molecular flexibility index (Phi) is 9.09. The van der Waals surface area contributed by atoms with Crippen molar-refractivity contribution < 1.29 is 37.1 Å². The third-order valence-corrected chi connectivity index (χ3v) is 9.42. The average Bonchev–Trinajstić information content (AvgIpc) is 3.74. The number of carbonyl (C=O) groups excluding carboxylic acids is 3. The number of piperazine rings is 1. The van der Waals surface area contributed by atoms with E-state index in [1.165, 1.54) is 16.2 Å². The number of nitrogens with zero attached hydrogens (tertiary/aromatic N) is 8. The van der Waals surface area contributed by atoms with Crippen LogP contribution in [0.5, 0.6) is 5.75 Å². The summed E-state index contributed by atoms with van der Waals surface area (Å²) in [7, 11) is 0. The van der Waals surface area contributed by atoms with E-state index < -0.39 is 35.8 Å². The number of allylic oxidation sites excluding steroid dienone is 1. The topological polar surface area (TPSA) is 173 Å². The van der Waals surface area contributed by atoms with E-state index in [-0.39, 0.29) is 78.5 Å². The van der Waals surface area contributed by atoms with Crippen molar-refractivity contribution in [2.75, 3.05) is 38.0 Å². The number of aromatic hydroxyl groups is 1. The van der Waals surface area contributed by atoms with Gasteiger partial charge in [0.25, 0.3) is 11.8 Å². The second kappa shape index (κ2) is 13.6. The van der Waals surface area contributed by atoms with Crippen LogP contribution in [0.25, 0.3) is 11.1 Å². The number of aryl methyl sites for hydroxylation is 2. The maximum absolute atomic E-state index is 14.4. The van der Waals surface area contributed by atoms with Crippen molar-refractivity contribution in [2.24, 2.45) is 4.99 Å². The molecule has 0 saturated carbocycles. The van der Waals surface area contributed by atoms with Crippen LogP contribution in [-0.4, -0.2) is 102 Å². The zero-order valence-corrected chi connectivity index (χ0v) is 29.3. The van der Waals surface area contributed by atoms with Crippen LogP contribution < -0.4 is 10.7 Å². The van der Waals surface area contributed by atoms with Gasteiger partial charge in [-0.3, -0.25) is 19.8 Å². The molecule has 3 aliphatic heterocycles. The van der Waals surface area contributed by atoms with E-state index in [0.29, 0.717) is 28.3 Å². The molecule has 0 spiro atoms. The minimum atomic E-state index is -4.62. The summed E-state index contributed by atoms with van der Waals surface area (Å²) in [5.74, 6) is -1.13. The molecule has 1 saturated heterocycles. The first kappa shape index (κ1) is 35.5. The van der Waals surface area contributed by atoms with Crippen LogP contribution in [-0.2, 0) is 15.8 Å². The van der Waals surface area contributed by atoms with E-state index in [1.807, 2.05) is 11.8 Å². The van der Waals surface area contributed by atoms with Gasteiger partial charge < -0.3 is 29.5 Å². The molecule has 7 rings (SSSR count). The second-order valence-electron chi connectivity index (χ2n) is 12.5. The van der Waals surface area contributed by atoms with Crippen LogP contribution in [0.1, 0.15) is 46.5 Å². The third-order valence-electron chi connectivity index (χ3n) is 9.11. The molecule has 3 aliphatic rings. The zero-order chi connectivity index (χ0) is 37.8. The molecule has 0 aliphatic carbocycles. The van der Waals surface area contributed by atoms with Crippen LogP contribution in [0.4, 0.5) is 18.9 Å². The lowest BCUT2D eigenvalue weighted by Gasteiger charge is -2.45. The van der Waals surface area contributed by atoms with Gasteiger partial charge in [0, 0.05) is 38.8 Å². The van der Waals surface area contributed by atoms with Gasteiger partial charge in [-0.15, -0.1) is 0 Å². The standard InChI is InChI=1S/C34H32ClF3N10O5/c1-4-24-27(45-10-12-46(13-11-45)31(51)26-28(50)17(2)39-16-40-26)32(52)48-33(43-30(44-48)20-6-5-7-23-29(20)53-18(3)41-23)47(24)15-25(49)42-22-9-8-19(14-21(22)35)34(36,37)38/h5-9,14,16,33,50H,4,10-13,15H2,1-3H3,(H,42,49)(H,43,44). The van der Waals surface area contributed by atoms with Gasteiger partial charge in [0.1, 0.15) is 24.1 Å². The first-order valence-electron chi connectivity index (χ1n) is 16.5. The molecule has 1 unspecified atom stereocenters. The highest BCUT2D eigenvalue weighted by Crippen LogP contribution is 2.36. The van der Waals surface area contributed by atoms with Crippen LogP contribution in [0.15, 0.2) is 63.5 Å². The maximum Gasteiger partial charge on any atom is 0.416 e. The van der Waals surface area contributed by atoms with Gasteiger partial charge >= 0.3 is 6.18 Å². The van der Waals surface area contributed by atoms with Gasteiger partial charge in [0.05, 0.1) is 27.5 Å². The number of aromatic nitrogens is 3. The summed E-state index contributed by atoms with van der Waals surface area (Å²) in [5, 5.41) is 14.0. The number of nitrogens with one attached hydrogen (secondary N) is 2. The van der Waals surface area contributed by atoms with Gasteiger partial charge in [-0.1, -0.05) is 24.6 Å². The molecule has 2 aromatic heterocycles. The first-order chi connectivity index (χ1) is 25.2. The number of oxazole rings is 1. The summed E-state index contributed by atoms with van der Waals surface area (Å²) < 4.78 is 45.6. The molecule has 0 bridgehead atoms. The molecular formula is C34H32ClF3N10O5. The number of amides is 3. The van der Waals surface area contributed by atoms with E-state index in [0.717, 1.165) is 18.2 Å². The lowest BCUT2D eigenvalue weighted by Crippen LogP contribution is -2.61. The molecule has 2 aromatic carbocycles. The van der Waals surface area contributed by atoms with Crippen LogP contribution in [0.2, 0.25) is 5.02 Å². The Morgan fingerprint density at radius 2 is 1.87 bits per heavy atom. The van der Waals surface area contributed by atoms with E-state index >= 15 is 0 Å². The summed E-state index contributed by atoms with van der Waals surface area (Å²) in [4.78, 5) is 63.4. The number of carbonyl (C=O) groups is 3. The average molecular weight is 753 g/mol. The summed E-state index contributed by atoms with van der Waals surface area (Å²) >= 11 is 6.15. The molecule has 15 nitrogen and oxygen atoms in total. The normalized spacial score (nSPS) is 17.7. The van der Waals surface area contributed by atoms with Crippen molar-refractivity contribution in [2.45, 2.75) is 39.7 Å². The Bertz CT molecular complexity index is 2220. The number of alkyl halides is 3. The fraction of sp³-hybridized carbons (Fsp3) is 0.324. The molecule has 4 aromatic rings. The highest BCUT2D eigenvalue weighted by Gasteiger charge is 2.46. The largest absolute Gasteiger partial charge is 0.504 e. The number of halogens is 4. The molecule has 19 heteroatoms. The van der Waals surface area contributed by atoms with Crippen molar-refractivity contribution in [3.63, 3.8) is 0 Å². The monoisotopic (exact) mass is 752 g/mol. The van der Waals surface area contributed by atoms with Crippen molar-refractivity contribution in [1.82, 2.24) is 40.1 Å². The lowest BCUT2D eigenvalue weighted by atomic mass is 10.1. The maximum atomic E-state index is 14.4. The van der Waals surface area contributed by atoms with Gasteiger partial charge in [-0.05, 0) is 43.7 Å². The fourth-order valence-electron chi connectivity index (χ4n) is 6.54. The van der Waals surface area contributed by atoms with Gasteiger partial charge in [0.15, 0.2) is 28.8 Å². The number of aliphatic imine (C=N–C) groups is 1. The predicted octanol–water partition coefficient (Wildman–Crippen LogP) is 4.02. The van der Waals surface area contributed by atoms with E-state index in [9.17, 15) is 32.7 Å². The summed E-state index contributed by atoms with van der Waals surface area (Å²) in [6.45, 7) is 5.55. The molecule has 3 N–H and O–H groups in total. The second-order valence-corrected chi connectivity index (χ2v) is 12.9. The number of rotatable bonds is 7. The molecule has 5 heterocycles. The Labute approximate surface area is 304 Å². The molecule has 276 valence electrons. The van der Waals surface area contributed by atoms with Gasteiger partial charge in [-0.2, -0.15) is 13.2 Å². The lowest BCUT2D eigenvalue weighted by molar-refractivity contribution is -0.140. The Hall–Kier alpha value is -5.91.